The first-order valence-electron chi connectivity index (χ1n) is 12.1. The summed E-state index contributed by atoms with van der Waals surface area (Å²) in [6.45, 7) is 0.494. The molecule has 0 saturated heterocycles. The number of hydrogen-bond acceptors (Lipinski definition) is 10. The van der Waals surface area contributed by atoms with Crippen LogP contribution in [0.2, 0.25) is 0 Å². The summed E-state index contributed by atoms with van der Waals surface area (Å²) in [6.07, 6.45) is 0. The van der Waals surface area contributed by atoms with Crippen LogP contribution in [0.3, 0.4) is 0 Å². The molecule has 0 saturated carbocycles. The van der Waals surface area contributed by atoms with Crippen LogP contribution in [0.25, 0.3) is 0 Å². The van der Waals surface area contributed by atoms with Crippen LogP contribution in [0.4, 0.5) is 34.1 Å². The van der Waals surface area contributed by atoms with Gasteiger partial charge in [-0.2, -0.15) is 9.98 Å². The lowest BCUT2D eigenvalue weighted by atomic mass is 10.2. The van der Waals surface area contributed by atoms with Gasteiger partial charge in [-0.25, -0.2) is 0 Å². The molecule has 0 fully saturated rings. The number of hydrogen-bond donors (Lipinski definition) is 8. The minimum atomic E-state index is -1.29. The van der Waals surface area contributed by atoms with Crippen LogP contribution in [-0.2, 0) is 6.54 Å². The van der Waals surface area contributed by atoms with Gasteiger partial charge in [0.2, 0.25) is 11.9 Å². The molecule has 0 amide bonds. The molecule has 11 N–H and O–H groups in total. The van der Waals surface area contributed by atoms with E-state index in [9.17, 15) is 0 Å². The van der Waals surface area contributed by atoms with Gasteiger partial charge < -0.3 is 33.2 Å². The summed E-state index contributed by atoms with van der Waals surface area (Å²) in [5, 5.41) is 16.8. The Morgan fingerprint density at radius 1 is 0.605 bits per heavy atom. The highest BCUT2D eigenvalue weighted by atomic mass is 15.5. The largest absolute Gasteiger partial charge is 0.399 e. The normalized spacial score (nSPS) is 14.0. The van der Waals surface area contributed by atoms with Crippen molar-refractivity contribution in [1.29, 1.82) is 0 Å². The quantitative estimate of drug-likeness (QED) is 0.139. The molecule has 0 atom stereocenters. The molecule has 10 nitrogen and oxygen atoms in total. The first-order valence-corrected chi connectivity index (χ1v) is 12.1. The van der Waals surface area contributed by atoms with Gasteiger partial charge in [-0.15, -0.1) is 0 Å². The number of nitrogen functional groups attached to an aromatic ring is 3. The number of benzene rings is 4. The summed E-state index contributed by atoms with van der Waals surface area (Å²) >= 11 is 0. The van der Waals surface area contributed by atoms with Crippen LogP contribution < -0.4 is 43.8 Å². The molecule has 192 valence electrons. The van der Waals surface area contributed by atoms with Crippen molar-refractivity contribution in [2.24, 2.45) is 9.98 Å². The van der Waals surface area contributed by atoms with E-state index in [0.29, 0.717) is 35.5 Å². The van der Waals surface area contributed by atoms with Crippen LogP contribution in [-0.4, -0.2) is 17.8 Å². The second kappa shape index (κ2) is 10.8. The smallest absolute Gasteiger partial charge is 0.292 e. The molecule has 0 bridgehead atoms. The SMILES string of the molecule is Nc1ccc(NC2=NC(NCc3ccccc3)(Nc3cccc(N)c3)N=C(Nc3ccc(N)cc3)N2)cc1. The average Bonchev–Trinajstić information content (AvgIpc) is 2.91. The van der Waals surface area contributed by atoms with E-state index in [0.717, 1.165) is 22.6 Å². The standard InChI is InChI=1S/C28H30N10/c29-20-9-13-23(14-10-20)33-26-35-27(34-24-15-11-21(30)12-16-24)38-28(37-26,32-18-19-5-2-1-3-6-19)36-25-8-4-7-22(31)17-25/h1-17,32,36H,18,29-31H2,(H3,33,34,35,37,38). The molecule has 0 aliphatic carbocycles. The Balaban J connectivity index is 1.53. The zero-order chi connectivity index (χ0) is 26.4. The summed E-state index contributed by atoms with van der Waals surface area (Å²) in [5.41, 5.74) is 23.2. The number of nitrogens with two attached hydrogens (primary N) is 3. The topological polar surface area (TPSA) is 163 Å². The van der Waals surface area contributed by atoms with Gasteiger partial charge in [0.05, 0.1) is 0 Å². The molecule has 1 aliphatic heterocycles. The summed E-state index contributed by atoms with van der Waals surface area (Å²) in [5.74, 6) is -0.374. The van der Waals surface area contributed by atoms with E-state index in [1.165, 1.54) is 0 Å². The van der Waals surface area contributed by atoms with Crippen LogP contribution in [0, 0.1) is 0 Å². The van der Waals surface area contributed by atoms with E-state index in [1.807, 2.05) is 103 Å². The molecule has 4 aromatic carbocycles. The Kier molecular flexibility index (Phi) is 6.96. The van der Waals surface area contributed by atoms with Crippen LogP contribution in [0.5, 0.6) is 0 Å². The number of aliphatic imine (C=N–C) groups is 2. The fraction of sp³-hybridized carbons (Fsp3) is 0.0714. The first-order chi connectivity index (χ1) is 18.4. The molecule has 5 rings (SSSR count). The van der Waals surface area contributed by atoms with Gasteiger partial charge in [0.1, 0.15) is 0 Å². The molecule has 4 aromatic rings. The molecule has 1 aliphatic rings. The molecular weight excluding hydrogens is 476 g/mol. The molecular formula is C28H30N10. The maximum Gasteiger partial charge on any atom is 0.292 e. The highest BCUT2D eigenvalue weighted by Crippen LogP contribution is 2.23. The summed E-state index contributed by atoms with van der Waals surface area (Å²) < 4.78 is 0. The first kappa shape index (κ1) is 24.5. The Morgan fingerprint density at radius 3 is 1.74 bits per heavy atom. The summed E-state index contributed by atoms with van der Waals surface area (Å²) in [7, 11) is 0. The van der Waals surface area contributed by atoms with Crippen molar-refractivity contribution in [2.75, 3.05) is 33.2 Å². The fourth-order valence-electron chi connectivity index (χ4n) is 3.86. The molecule has 0 spiro atoms. The van der Waals surface area contributed by atoms with Crippen molar-refractivity contribution in [3.05, 3.63) is 109 Å². The summed E-state index contributed by atoms with van der Waals surface area (Å²) in [4.78, 5) is 9.86. The lowest BCUT2D eigenvalue weighted by molar-refractivity contribution is 0.393. The molecule has 38 heavy (non-hydrogen) atoms. The number of nitrogens with one attached hydrogen (secondary N) is 5. The zero-order valence-electron chi connectivity index (χ0n) is 20.6. The van der Waals surface area contributed by atoms with Crippen molar-refractivity contribution in [3.63, 3.8) is 0 Å². The Morgan fingerprint density at radius 2 is 1.18 bits per heavy atom. The Bertz CT molecular complexity index is 1370. The predicted molar refractivity (Wildman–Crippen MR) is 157 cm³/mol. The lowest BCUT2D eigenvalue weighted by Crippen LogP contribution is -2.57. The average molecular weight is 507 g/mol. The van der Waals surface area contributed by atoms with E-state index in [2.05, 4.69) is 26.6 Å². The minimum Gasteiger partial charge on any atom is -0.399 e. The monoisotopic (exact) mass is 506 g/mol. The predicted octanol–water partition coefficient (Wildman–Crippen LogP) is 3.79. The molecule has 0 unspecified atom stereocenters. The highest BCUT2D eigenvalue weighted by molar-refractivity contribution is 6.11. The van der Waals surface area contributed by atoms with Gasteiger partial charge in [0.15, 0.2) is 0 Å². The molecule has 1 heterocycles. The van der Waals surface area contributed by atoms with Gasteiger partial charge in [0.25, 0.3) is 5.91 Å². The van der Waals surface area contributed by atoms with Crippen molar-refractivity contribution in [3.8, 4) is 0 Å². The fourth-order valence-corrected chi connectivity index (χ4v) is 3.86. The minimum absolute atomic E-state index is 0.458. The van der Waals surface area contributed by atoms with E-state index in [1.54, 1.807) is 0 Å². The second-order valence-electron chi connectivity index (χ2n) is 8.80. The molecule has 0 radical (unpaired) electrons. The number of rotatable bonds is 7. The number of guanidine groups is 2. The van der Waals surface area contributed by atoms with Crippen molar-refractivity contribution in [2.45, 2.75) is 12.5 Å². The van der Waals surface area contributed by atoms with Crippen molar-refractivity contribution >= 4 is 46.0 Å². The lowest BCUT2D eigenvalue weighted by Gasteiger charge is -2.34. The number of nitrogens with zero attached hydrogens (tertiary/aromatic N) is 2. The Hall–Kier alpha value is -5.22. The van der Waals surface area contributed by atoms with Crippen LogP contribution in [0.1, 0.15) is 5.56 Å². The highest BCUT2D eigenvalue weighted by Gasteiger charge is 2.34. The van der Waals surface area contributed by atoms with Gasteiger partial charge in [-0.1, -0.05) is 36.4 Å². The van der Waals surface area contributed by atoms with E-state index < -0.39 is 5.91 Å². The molecule has 0 aromatic heterocycles. The zero-order valence-corrected chi connectivity index (χ0v) is 20.6. The Labute approximate surface area is 221 Å². The van der Waals surface area contributed by atoms with Gasteiger partial charge in [-0.3, -0.25) is 10.6 Å². The van der Waals surface area contributed by atoms with E-state index >= 15 is 0 Å². The van der Waals surface area contributed by atoms with Gasteiger partial charge in [-0.05, 0) is 72.3 Å². The maximum atomic E-state index is 6.07. The van der Waals surface area contributed by atoms with E-state index in [-0.39, 0.29) is 0 Å². The molecule has 10 heteroatoms. The van der Waals surface area contributed by atoms with Crippen molar-refractivity contribution in [1.82, 2.24) is 10.6 Å². The third kappa shape index (κ3) is 6.31. The number of anilines is 6. The van der Waals surface area contributed by atoms with Crippen LogP contribution >= 0.6 is 0 Å². The third-order valence-corrected chi connectivity index (χ3v) is 5.72. The van der Waals surface area contributed by atoms with Crippen molar-refractivity contribution < 1.29 is 0 Å². The van der Waals surface area contributed by atoms with Gasteiger partial charge >= 0.3 is 0 Å². The maximum absolute atomic E-state index is 6.07. The third-order valence-electron chi connectivity index (χ3n) is 5.72. The second-order valence-corrected chi connectivity index (χ2v) is 8.80. The van der Waals surface area contributed by atoms with Gasteiger partial charge in [0, 0.05) is 40.7 Å². The van der Waals surface area contributed by atoms with Crippen LogP contribution in [0.15, 0.2) is 113 Å². The summed E-state index contributed by atoms with van der Waals surface area (Å²) in [6, 6.07) is 32.3. The van der Waals surface area contributed by atoms with E-state index in [4.69, 9.17) is 27.2 Å².